The molecule has 0 unspecified atom stereocenters. The number of thiazole rings is 1. The molecule has 1 N–H and O–H groups in total. The summed E-state index contributed by atoms with van der Waals surface area (Å²) in [4.78, 5) is 31.4. The predicted molar refractivity (Wildman–Crippen MR) is 75.6 cm³/mol. The fourth-order valence-electron chi connectivity index (χ4n) is 1.99. The van der Waals surface area contributed by atoms with Gasteiger partial charge in [-0.3, -0.25) is 4.79 Å². The van der Waals surface area contributed by atoms with E-state index < -0.39 is 5.97 Å². The third-order valence-electron chi connectivity index (χ3n) is 3.32. The summed E-state index contributed by atoms with van der Waals surface area (Å²) in [7, 11) is 1.70. The van der Waals surface area contributed by atoms with Gasteiger partial charge < -0.3 is 14.9 Å². The van der Waals surface area contributed by atoms with Gasteiger partial charge in [0.05, 0.1) is 17.7 Å². The third kappa shape index (κ3) is 3.93. The van der Waals surface area contributed by atoms with Crippen LogP contribution in [0.3, 0.4) is 0 Å². The largest absolute Gasteiger partial charge is 0.480 e. The Kier molecular flexibility index (Phi) is 4.59. The number of hydrogen-bond donors (Lipinski definition) is 1. The first-order chi connectivity index (χ1) is 9.47. The number of aryl methyl sites for hydroxylation is 1. The Balaban J connectivity index is 1.97. The second kappa shape index (κ2) is 6.21. The summed E-state index contributed by atoms with van der Waals surface area (Å²) in [6.07, 6.45) is 2.17. The molecule has 0 aliphatic heterocycles. The average molecular weight is 297 g/mol. The molecule has 0 aromatic carbocycles. The lowest BCUT2D eigenvalue weighted by atomic mass is 10.3. The van der Waals surface area contributed by atoms with E-state index in [0.717, 1.165) is 23.4 Å². The molecular formula is C13H19N3O3S. The SMILES string of the molecule is Cc1ncsc1CN(C)C(=O)N(CC(=O)O)CC1CC1. The van der Waals surface area contributed by atoms with Crippen LogP contribution < -0.4 is 0 Å². The number of rotatable bonds is 6. The molecule has 1 aromatic rings. The second-order valence-corrected chi connectivity index (χ2v) is 6.16. The van der Waals surface area contributed by atoms with E-state index in [4.69, 9.17) is 5.11 Å². The van der Waals surface area contributed by atoms with E-state index in [-0.39, 0.29) is 12.6 Å². The maximum absolute atomic E-state index is 12.4. The minimum Gasteiger partial charge on any atom is -0.480 e. The Morgan fingerprint density at radius 2 is 2.20 bits per heavy atom. The van der Waals surface area contributed by atoms with Gasteiger partial charge in [-0.25, -0.2) is 9.78 Å². The molecule has 7 heteroatoms. The Hall–Kier alpha value is -1.63. The minimum atomic E-state index is -0.971. The number of carbonyl (C=O) groups excluding carboxylic acids is 1. The summed E-state index contributed by atoms with van der Waals surface area (Å²) < 4.78 is 0. The van der Waals surface area contributed by atoms with E-state index in [0.29, 0.717) is 19.0 Å². The van der Waals surface area contributed by atoms with Crippen molar-refractivity contribution in [3.8, 4) is 0 Å². The predicted octanol–water partition coefficient (Wildman–Crippen LogP) is 1.80. The molecule has 1 fully saturated rings. The number of carboxylic acids is 1. The van der Waals surface area contributed by atoms with Crippen LogP contribution in [0.5, 0.6) is 0 Å². The number of urea groups is 1. The summed E-state index contributed by atoms with van der Waals surface area (Å²) in [5, 5.41) is 8.93. The van der Waals surface area contributed by atoms with E-state index in [2.05, 4.69) is 4.98 Å². The van der Waals surface area contributed by atoms with Crippen LogP contribution in [0.15, 0.2) is 5.51 Å². The molecule has 6 nitrogen and oxygen atoms in total. The Morgan fingerprint density at radius 3 is 2.70 bits per heavy atom. The first kappa shape index (κ1) is 14.8. The van der Waals surface area contributed by atoms with Crippen LogP contribution in [0.2, 0.25) is 0 Å². The number of aromatic nitrogens is 1. The molecule has 1 aromatic heterocycles. The molecule has 1 saturated carbocycles. The van der Waals surface area contributed by atoms with Gasteiger partial charge in [0.15, 0.2) is 0 Å². The second-order valence-electron chi connectivity index (χ2n) is 5.22. The van der Waals surface area contributed by atoms with Crippen LogP contribution in [0.4, 0.5) is 4.79 Å². The summed E-state index contributed by atoms with van der Waals surface area (Å²) in [5.74, 6) is -0.502. The molecule has 1 aliphatic rings. The number of carbonyl (C=O) groups is 2. The summed E-state index contributed by atoms with van der Waals surface area (Å²) in [5.41, 5.74) is 2.67. The van der Waals surface area contributed by atoms with Gasteiger partial charge in [-0.1, -0.05) is 0 Å². The topological polar surface area (TPSA) is 73.7 Å². The zero-order chi connectivity index (χ0) is 14.7. The van der Waals surface area contributed by atoms with E-state index in [1.54, 1.807) is 17.5 Å². The summed E-state index contributed by atoms with van der Waals surface area (Å²) in [6.45, 7) is 2.68. The van der Waals surface area contributed by atoms with Crippen LogP contribution in [0, 0.1) is 12.8 Å². The van der Waals surface area contributed by atoms with Gasteiger partial charge in [-0.2, -0.15) is 0 Å². The molecule has 110 valence electrons. The highest BCUT2D eigenvalue weighted by molar-refractivity contribution is 7.09. The Bertz CT molecular complexity index is 499. The minimum absolute atomic E-state index is 0.230. The molecule has 0 bridgehead atoms. The Morgan fingerprint density at radius 1 is 1.50 bits per heavy atom. The van der Waals surface area contributed by atoms with Crippen molar-refractivity contribution in [3.63, 3.8) is 0 Å². The third-order valence-corrected chi connectivity index (χ3v) is 4.24. The zero-order valence-corrected chi connectivity index (χ0v) is 12.5. The van der Waals surface area contributed by atoms with Crippen molar-refractivity contribution in [1.29, 1.82) is 0 Å². The molecule has 1 heterocycles. The standard InChI is InChI=1S/C13H19N3O3S/c1-9-11(20-8-14-9)6-15(2)13(19)16(7-12(17)18)5-10-3-4-10/h8,10H,3-7H2,1-2H3,(H,17,18). The van der Waals surface area contributed by atoms with Crippen LogP contribution in [0.1, 0.15) is 23.4 Å². The van der Waals surface area contributed by atoms with Crippen molar-refractivity contribution in [3.05, 3.63) is 16.1 Å². The van der Waals surface area contributed by atoms with Crippen LogP contribution in [-0.2, 0) is 11.3 Å². The normalized spacial score (nSPS) is 14.1. The van der Waals surface area contributed by atoms with Gasteiger partial charge in [0, 0.05) is 18.5 Å². The fraction of sp³-hybridized carbons (Fsp3) is 0.615. The van der Waals surface area contributed by atoms with Crippen molar-refractivity contribution in [2.45, 2.75) is 26.3 Å². The molecule has 0 saturated heterocycles. The first-order valence-electron chi connectivity index (χ1n) is 6.58. The van der Waals surface area contributed by atoms with Crippen molar-refractivity contribution in [2.75, 3.05) is 20.1 Å². The van der Waals surface area contributed by atoms with Crippen LogP contribution in [0.25, 0.3) is 0 Å². The maximum atomic E-state index is 12.4. The lowest BCUT2D eigenvalue weighted by molar-refractivity contribution is -0.137. The van der Waals surface area contributed by atoms with Crippen molar-refractivity contribution in [1.82, 2.24) is 14.8 Å². The fourth-order valence-corrected chi connectivity index (χ4v) is 2.82. The number of nitrogens with zero attached hydrogens (tertiary/aromatic N) is 3. The molecule has 0 spiro atoms. The van der Waals surface area contributed by atoms with Gasteiger partial charge in [0.1, 0.15) is 6.54 Å². The highest BCUT2D eigenvalue weighted by Gasteiger charge is 2.29. The molecule has 2 rings (SSSR count). The van der Waals surface area contributed by atoms with E-state index in [1.807, 2.05) is 6.92 Å². The molecule has 2 amide bonds. The summed E-state index contributed by atoms with van der Waals surface area (Å²) in [6, 6.07) is -0.230. The first-order valence-corrected chi connectivity index (χ1v) is 7.46. The maximum Gasteiger partial charge on any atom is 0.323 e. The van der Waals surface area contributed by atoms with Crippen LogP contribution in [-0.4, -0.2) is 52.0 Å². The van der Waals surface area contributed by atoms with Gasteiger partial charge in [0.25, 0.3) is 0 Å². The quantitative estimate of drug-likeness (QED) is 0.869. The van der Waals surface area contributed by atoms with Crippen molar-refractivity contribution < 1.29 is 14.7 Å². The van der Waals surface area contributed by atoms with E-state index >= 15 is 0 Å². The van der Waals surface area contributed by atoms with Gasteiger partial charge in [-0.15, -0.1) is 11.3 Å². The number of amides is 2. The van der Waals surface area contributed by atoms with Crippen molar-refractivity contribution >= 4 is 23.3 Å². The van der Waals surface area contributed by atoms with Crippen molar-refractivity contribution in [2.24, 2.45) is 5.92 Å². The average Bonchev–Trinajstić information content (AvgIpc) is 3.11. The smallest absolute Gasteiger partial charge is 0.323 e. The van der Waals surface area contributed by atoms with E-state index in [9.17, 15) is 9.59 Å². The van der Waals surface area contributed by atoms with Gasteiger partial charge in [0.2, 0.25) is 0 Å². The highest BCUT2D eigenvalue weighted by atomic mass is 32.1. The molecular weight excluding hydrogens is 278 g/mol. The molecule has 0 radical (unpaired) electrons. The van der Waals surface area contributed by atoms with Gasteiger partial charge >= 0.3 is 12.0 Å². The number of hydrogen-bond acceptors (Lipinski definition) is 4. The van der Waals surface area contributed by atoms with Crippen LogP contribution >= 0.6 is 11.3 Å². The molecule has 1 aliphatic carbocycles. The number of carboxylic acid groups (broad SMARTS) is 1. The molecule has 20 heavy (non-hydrogen) atoms. The zero-order valence-electron chi connectivity index (χ0n) is 11.7. The number of aliphatic carboxylic acids is 1. The lowest BCUT2D eigenvalue weighted by Crippen LogP contribution is -2.44. The monoisotopic (exact) mass is 297 g/mol. The summed E-state index contributed by atoms with van der Waals surface area (Å²) >= 11 is 1.51. The highest BCUT2D eigenvalue weighted by Crippen LogP contribution is 2.30. The Labute approximate surface area is 122 Å². The molecule has 0 atom stereocenters. The van der Waals surface area contributed by atoms with Gasteiger partial charge in [-0.05, 0) is 25.7 Å². The van der Waals surface area contributed by atoms with E-state index in [1.165, 1.54) is 16.2 Å². The lowest BCUT2D eigenvalue weighted by Gasteiger charge is -2.26.